The number of anilines is 1. The first kappa shape index (κ1) is 18.2. The number of nitrogens with zero attached hydrogens (tertiary/aromatic N) is 3. The maximum Gasteiger partial charge on any atom is 0.256 e. The molecule has 2 bridgehead atoms. The minimum Gasteiger partial charge on any atom is -0.338 e. The van der Waals surface area contributed by atoms with Gasteiger partial charge in [0.15, 0.2) is 0 Å². The van der Waals surface area contributed by atoms with Crippen molar-refractivity contribution in [2.75, 3.05) is 11.9 Å². The SMILES string of the molecule is CC1(C)C[C@@H]2C[C@@](C)(CN2C(=O)Cn2cc(NC(=O)c3ccsc3)cn2)C1. The van der Waals surface area contributed by atoms with Gasteiger partial charge < -0.3 is 10.2 Å². The summed E-state index contributed by atoms with van der Waals surface area (Å²) in [6, 6.07) is 2.11. The van der Waals surface area contributed by atoms with Crippen molar-refractivity contribution < 1.29 is 9.59 Å². The van der Waals surface area contributed by atoms with Gasteiger partial charge in [0.1, 0.15) is 6.54 Å². The van der Waals surface area contributed by atoms with Gasteiger partial charge in [0.25, 0.3) is 5.91 Å². The van der Waals surface area contributed by atoms with Crippen LogP contribution in [-0.2, 0) is 11.3 Å². The normalized spacial score (nSPS) is 26.2. The highest BCUT2D eigenvalue weighted by molar-refractivity contribution is 7.08. The van der Waals surface area contributed by atoms with Crippen LogP contribution in [0.4, 0.5) is 5.69 Å². The van der Waals surface area contributed by atoms with Crippen LogP contribution in [0.3, 0.4) is 0 Å². The number of fused-ring (bicyclic) bond motifs is 2. The van der Waals surface area contributed by atoms with Gasteiger partial charge in [-0.15, -0.1) is 0 Å². The van der Waals surface area contributed by atoms with E-state index in [0.29, 0.717) is 17.3 Å². The van der Waals surface area contributed by atoms with E-state index in [1.807, 2.05) is 5.38 Å². The van der Waals surface area contributed by atoms with Crippen molar-refractivity contribution in [3.63, 3.8) is 0 Å². The Morgan fingerprint density at radius 1 is 1.33 bits per heavy atom. The zero-order chi connectivity index (χ0) is 19.2. The van der Waals surface area contributed by atoms with Crippen LogP contribution in [0.5, 0.6) is 0 Å². The van der Waals surface area contributed by atoms with Gasteiger partial charge in [-0.05, 0) is 41.5 Å². The van der Waals surface area contributed by atoms with Crippen molar-refractivity contribution in [2.24, 2.45) is 10.8 Å². The van der Waals surface area contributed by atoms with E-state index >= 15 is 0 Å². The molecule has 7 heteroatoms. The fourth-order valence-electron chi connectivity index (χ4n) is 5.09. The number of hydrogen-bond donors (Lipinski definition) is 1. The van der Waals surface area contributed by atoms with E-state index in [9.17, 15) is 9.59 Å². The lowest BCUT2D eigenvalue weighted by Crippen LogP contribution is -2.39. The third kappa shape index (κ3) is 3.78. The van der Waals surface area contributed by atoms with Gasteiger partial charge in [-0.25, -0.2) is 0 Å². The topological polar surface area (TPSA) is 67.2 Å². The molecule has 1 N–H and O–H groups in total. The van der Waals surface area contributed by atoms with Crippen molar-refractivity contribution in [1.82, 2.24) is 14.7 Å². The number of amides is 2. The van der Waals surface area contributed by atoms with Gasteiger partial charge >= 0.3 is 0 Å². The molecular weight excluding hydrogens is 360 g/mol. The smallest absolute Gasteiger partial charge is 0.256 e. The summed E-state index contributed by atoms with van der Waals surface area (Å²) in [5.74, 6) is -0.0501. The molecule has 2 aliphatic rings. The fourth-order valence-corrected chi connectivity index (χ4v) is 5.73. The van der Waals surface area contributed by atoms with E-state index in [1.165, 1.54) is 17.8 Å². The summed E-state index contributed by atoms with van der Waals surface area (Å²) >= 11 is 1.48. The molecule has 0 unspecified atom stereocenters. The van der Waals surface area contributed by atoms with Gasteiger partial charge in [-0.1, -0.05) is 20.8 Å². The number of hydrogen-bond acceptors (Lipinski definition) is 4. The summed E-state index contributed by atoms with van der Waals surface area (Å²) in [4.78, 5) is 27.1. The molecule has 2 amide bonds. The Kier molecular flexibility index (Phi) is 4.37. The van der Waals surface area contributed by atoms with E-state index in [-0.39, 0.29) is 29.2 Å². The Balaban J connectivity index is 1.39. The zero-order valence-corrected chi connectivity index (χ0v) is 16.9. The summed E-state index contributed by atoms with van der Waals surface area (Å²) in [6.45, 7) is 7.97. The standard InChI is InChI=1S/C20H26N4O2S/c1-19(2)6-16-7-20(3,12-19)13-24(16)17(25)10-23-9-15(8-21-23)22-18(26)14-4-5-27-11-14/h4-5,8-9,11,16H,6-7,10,12-13H2,1-3H3,(H,22,26)/t16-,20-/m1/s1. The van der Waals surface area contributed by atoms with Crippen molar-refractivity contribution >= 4 is 28.8 Å². The van der Waals surface area contributed by atoms with Crippen LogP contribution in [0, 0.1) is 10.8 Å². The second-order valence-corrected chi connectivity index (χ2v) is 9.91. The lowest BCUT2D eigenvalue weighted by Gasteiger charge is -2.39. The summed E-state index contributed by atoms with van der Waals surface area (Å²) < 4.78 is 1.61. The van der Waals surface area contributed by atoms with E-state index < -0.39 is 0 Å². The molecule has 2 aromatic heterocycles. The highest BCUT2D eigenvalue weighted by Gasteiger charge is 2.50. The van der Waals surface area contributed by atoms with Crippen LogP contribution < -0.4 is 5.32 Å². The molecule has 2 fully saturated rings. The molecule has 0 radical (unpaired) electrons. The van der Waals surface area contributed by atoms with Crippen LogP contribution in [0.1, 0.15) is 50.4 Å². The first-order chi connectivity index (χ1) is 12.7. The third-order valence-electron chi connectivity index (χ3n) is 5.71. The molecule has 2 aromatic rings. The molecule has 144 valence electrons. The highest BCUT2D eigenvalue weighted by atomic mass is 32.1. The zero-order valence-electron chi connectivity index (χ0n) is 16.1. The Labute approximate surface area is 163 Å². The first-order valence-corrected chi connectivity index (χ1v) is 10.3. The van der Waals surface area contributed by atoms with E-state index in [2.05, 4.69) is 36.1 Å². The van der Waals surface area contributed by atoms with Gasteiger partial charge in [0.05, 0.1) is 17.4 Å². The number of thiophene rings is 1. The van der Waals surface area contributed by atoms with E-state index in [1.54, 1.807) is 28.5 Å². The molecular formula is C20H26N4O2S. The minimum absolute atomic E-state index is 0.111. The van der Waals surface area contributed by atoms with Gasteiger partial charge in [0.2, 0.25) is 5.91 Å². The monoisotopic (exact) mass is 386 g/mol. The van der Waals surface area contributed by atoms with E-state index in [4.69, 9.17) is 0 Å². The molecule has 0 aromatic carbocycles. The van der Waals surface area contributed by atoms with Gasteiger partial charge in [-0.2, -0.15) is 16.4 Å². The number of aromatic nitrogens is 2. The number of carbonyl (C=O) groups excluding carboxylic acids is 2. The Morgan fingerprint density at radius 2 is 2.15 bits per heavy atom. The molecule has 2 atom stereocenters. The van der Waals surface area contributed by atoms with E-state index in [0.717, 1.165) is 19.4 Å². The second kappa shape index (κ2) is 6.48. The second-order valence-electron chi connectivity index (χ2n) is 9.13. The average Bonchev–Trinajstić information content (AvgIpc) is 3.26. The average molecular weight is 387 g/mol. The molecule has 27 heavy (non-hydrogen) atoms. The number of carbonyl (C=O) groups is 2. The first-order valence-electron chi connectivity index (χ1n) is 9.39. The quantitative estimate of drug-likeness (QED) is 0.873. The maximum absolute atomic E-state index is 12.9. The molecule has 1 saturated heterocycles. The summed E-state index contributed by atoms with van der Waals surface area (Å²) in [7, 11) is 0. The van der Waals surface area contributed by atoms with Crippen LogP contribution in [0.2, 0.25) is 0 Å². The van der Waals surface area contributed by atoms with Crippen molar-refractivity contribution in [1.29, 1.82) is 0 Å². The lowest BCUT2D eigenvalue weighted by molar-refractivity contribution is -0.133. The predicted octanol–water partition coefficient (Wildman–Crippen LogP) is 3.62. The van der Waals surface area contributed by atoms with Crippen molar-refractivity contribution in [3.05, 3.63) is 34.8 Å². The molecule has 3 heterocycles. The number of nitrogens with one attached hydrogen (secondary N) is 1. The van der Waals surface area contributed by atoms with Crippen LogP contribution in [-0.4, -0.2) is 39.1 Å². The number of likely N-dealkylation sites (tertiary alicyclic amines) is 1. The molecule has 1 saturated carbocycles. The Bertz CT molecular complexity index is 857. The minimum atomic E-state index is -0.161. The van der Waals surface area contributed by atoms with Crippen molar-refractivity contribution in [3.8, 4) is 0 Å². The van der Waals surface area contributed by atoms with Crippen LogP contribution in [0.15, 0.2) is 29.2 Å². The van der Waals surface area contributed by atoms with Crippen LogP contribution in [0.25, 0.3) is 0 Å². The fraction of sp³-hybridized carbons (Fsp3) is 0.550. The Morgan fingerprint density at radius 3 is 2.89 bits per heavy atom. The van der Waals surface area contributed by atoms with Gasteiger partial charge in [0, 0.05) is 24.2 Å². The summed E-state index contributed by atoms with van der Waals surface area (Å²) in [5.41, 5.74) is 1.75. The largest absolute Gasteiger partial charge is 0.338 e. The Hall–Kier alpha value is -2.15. The number of rotatable bonds is 4. The molecule has 4 rings (SSSR count). The maximum atomic E-state index is 12.9. The summed E-state index contributed by atoms with van der Waals surface area (Å²) in [5, 5.41) is 10.7. The molecule has 1 aliphatic carbocycles. The predicted molar refractivity (Wildman–Crippen MR) is 106 cm³/mol. The van der Waals surface area contributed by atoms with Gasteiger partial charge in [-0.3, -0.25) is 14.3 Å². The molecule has 1 aliphatic heterocycles. The molecule has 6 nitrogen and oxygen atoms in total. The third-order valence-corrected chi connectivity index (χ3v) is 6.39. The van der Waals surface area contributed by atoms with Crippen molar-refractivity contribution in [2.45, 2.75) is 52.6 Å². The lowest BCUT2D eigenvalue weighted by atomic mass is 9.65. The molecule has 0 spiro atoms. The summed E-state index contributed by atoms with van der Waals surface area (Å²) in [6.07, 6.45) is 6.64. The highest BCUT2D eigenvalue weighted by Crippen LogP contribution is 2.52. The van der Waals surface area contributed by atoms with Crippen LogP contribution >= 0.6 is 11.3 Å².